The number of non-ortho nitro benzene ring substituents is 1. The van der Waals surface area contributed by atoms with Crippen LogP contribution in [0.4, 0.5) is 17.1 Å². The molecule has 160 valence electrons. The first kappa shape index (κ1) is 24.2. The minimum absolute atomic E-state index is 0.229. The van der Waals surface area contributed by atoms with Crippen molar-refractivity contribution in [1.82, 2.24) is 0 Å². The topological polar surface area (TPSA) is 132 Å². The molecule has 1 aromatic rings. The fourth-order valence-corrected chi connectivity index (χ4v) is 2.47. The second-order valence-corrected chi connectivity index (χ2v) is 6.95. The molecule has 0 radical (unpaired) electrons. The van der Waals surface area contributed by atoms with E-state index in [-0.39, 0.29) is 17.1 Å². The lowest BCUT2D eigenvalue weighted by Gasteiger charge is -2.29. The monoisotopic (exact) mass is 409 g/mol. The van der Waals surface area contributed by atoms with Crippen LogP contribution in [0.25, 0.3) is 0 Å². The van der Waals surface area contributed by atoms with E-state index in [4.69, 9.17) is 4.74 Å². The van der Waals surface area contributed by atoms with Crippen LogP contribution in [0.3, 0.4) is 0 Å². The predicted molar refractivity (Wildman–Crippen MR) is 111 cm³/mol. The van der Waals surface area contributed by atoms with Gasteiger partial charge in [-0.1, -0.05) is 0 Å². The van der Waals surface area contributed by atoms with E-state index < -0.39 is 9.85 Å². The summed E-state index contributed by atoms with van der Waals surface area (Å²) >= 11 is 0. The van der Waals surface area contributed by atoms with Crippen molar-refractivity contribution in [2.24, 2.45) is 9.98 Å². The van der Waals surface area contributed by atoms with Gasteiger partial charge >= 0.3 is 0 Å². The van der Waals surface area contributed by atoms with Gasteiger partial charge in [-0.05, 0) is 13.0 Å². The van der Waals surface area contributed by atoms with Crippen LogP contribution in [-0.2, 0) is 4.74 Å². The molecular formula is C18H29N6O5+. The molecule has 1 N–H and O–H groups in total. The molecule has 0 amide bonds. The summed E-state index contributed by atoms with van der Waals surface area (Å²) in [5.41, 5.74) is -0.419. The highest BCUT2D eigenvalue weighted by molar-refractivity contribution is 5.65. The number of nitro benzene ring substituents is 2. The van der Waals surface area contributed by atoms with Crippen LogP contribution in [0.1, 0.15) is 13.3 Å². The van der Waals surface area contributed by atoms with Crippen molar-refractivity contribution in [2.45, 2.75) is 13.3 Å². The number of quaternary nitrogens is 1. The molecular weight excluding hydrogens is 380 g/mol. The molecule has 0 unspecified atom stereocenters. The van der Waals surface area contributed by atoms with Gasteiger partial charge in [0.2, 0.25) is 0 Å². The zero-order chi connectivity index (χ0) is 21.7. The number of anilines is 1. The molecule has 0 fully saturated rings. The van der Waals surface area contributed by atoms with Crippen LogP contribution in [0.15, 0.2) is 28.2 Å². The quantitative estimate of drug-likeness (QED) is 0.165. The summed E-state index contributed by atoms with van der Waals surface area (Å²) in [6.07, 6.45) is 0.935. The number of nitrogens with zero attached hydrogens (tertiary/aromatic N) is 5. The normalized spacial score (nSPS) is 10.9. The zero-order valence-electron chi connectivity index (χ0n) is 17.2. The van der Waals surface area contributed by atoms with Crippen LogP contribution in [0.5, 0.6) is 0 Å². The molecule has 0 heterocycles. The largest absolute Gasteiger partial charge is 0.377 e. The van der Waals surface area contributed by atoms with Crippen molar-refractivity contribution in [1.29, 1.82) is 0 Å². The Balaban J connectivity index is 2.32. The van der Waals surface area contributed by atoms with Crippen molar-refractivity contribution in [3.63, 3.8) is 0 Å². The van der Waals surface area contributed by atoms with Gasteiger partial charge in [-0.3, -0.25) is 20.2 Å². The smallest absolute Gasteiger partial charge is 0.299 e. The lowest BCUT2D eigenvalue weighted by atomic mass is 10.2. The number of rotatable bonds is 14. The van der Waals surface area contributed by atoms with Gasteiger partial charge in [0.15, 0.2) is 0 Å². The number of likely N-dealkylation sites (N-methyl/N-ethyl adjacent to an activating group) is 1. The Morgan fingerprint density at radius 1 is 1.14 bits per heavy atom. The highest BCUT2D eigenvalue weighted by Crippen LogP contribution is 2.28. The van der Waals surface area contributed by atoms with Gasteiger partial charge in [0, 0.05) is 25.6 Å². The van der Waals surface area contributed by atoms with E-state index in [1.54, 1.807) is 0 Å². The number of nitrogens with one attached hydrogen (secondary N) is 1. The zero-order valence-corrected chi connectivity index (χ0v) is 17.2. The molecule has 0 saturated heterocycles. The average Bonchev–Trinajstić information content (AvgIpc) is 2.67. The lowest BCUT2D eigenvalue weighted by Crippen LogP contribution is -2.43. The summed E-state index contributed by atoms with van der Waals surface area (Å²) in [5.74, 6) is 0. The van der Waals surface area contributed by atoms with Gasteiger partial charge in [-0.2, -0.15) is 0 Å². The van der Waals surface area contributed by atoms with Crippen molar-refractivity contribution < 1.29 is 19.1 Å². The molecule has 11 nitrogen and oxygen atoms in total. The first-order valence-electron chi connectivity index (χ1n) is 9.41. The maximum Gasteiger partial charge on any atom is 0.299 e. The highest BCUT2D eigenvalue weighted by atomic mass is 16.6. The van der Waals surface area contributed by atoms with Crippen molar-refractivity contribution in [3.8, 4) is 0 Å². The van der Waals surface area contributed by atoms with Crippen LogP contribution in [0, 0.1) is 20.2 Å². The lowest BCUT2D eigenvalue weighted by molar-refractivity contribution is -0.890. The summed E-state index contributed by atoms with van der Waals surface area (Å²) in [6, 6.07) is 6.17. The van der Waals surface area contributed by atoms with E-state index in [2.05, 4.69) is 35.4 Å². The standard InChI is InChI=1S/C18H29N6O5/c1-4-19-15-20-8-5-10-24(2,3)11-13-29-12-9-21-17-7-6-16(22(25)26)14-18(17)23(27)28/h6-7,14,21H,4-5,8-13H2,1-3H3/q+1. The van der Waals surface area contributed by atoms with Gasteiger partial charge in [0.25, 0.3) is 11.4 Å². The van der Waals surface area contributed by atoms with Crippen LogP contribution in [0.2, 0.25) is 0 Å². The maximum atomic E-state index is 11.1. The summed E-state index contributed by atoms with van der Waals surface area (Å²) < 4.78 is 6.40. The third kappa shape index (κ3) is 9.74. The molecule has 29 heavy (non-hydrogen) atoms. The molecule has 0 aliphatic heterocycles. The summed E-state index contributed by atoms with van der Waals surface area (Å²) in [6.45, 7) is 6.38. The number of benzene rings is 1. The van der Waals surface area contributed by atoms with Crippen LogP contribution in [-0.4, -0.2) is 80.4 Å². The number of ether oxygens (including phenoxy) is 1. The molecule has 0 aliphatic rings. The summed E-state index contributed by atoms with van der Waals surface area (Å²) in [5, 5.41) is 24.7. The first-order chi connectivity index (χ1) is 13.8. The molecule has 0 saturated carbocycles. The number of aliphatic imine (C=N–C) groups is 2. The maximum absolute atomic E-state index is 11.1. The van der Waals surface area contributed by atoms with Crippen LogP contribution >= 0.6 is 0 Å². The van der Waals surface area contributed by atoms with E-state index in [0.717, 1.165) is 30.1 Å². The molecule has 0 spiro atoms. The molecule has 11 heteroatoms. The Morgan fingerprint density at radius 3 is 2.55 bits per heavy atom. The minimum Gasteiger partial charge on any atom is -0.377 e. The van der Waals surface area contributed by atoms with Crippen molar-refractivity contribution in [2.75, 3.05) is 65.3 Å². The third-order valence-electron chi connectivity index (χ3n) is 4.12. The fourth-order valence-electron chi connectivity index (χ4n) is 2.47. The molecule has 0 atom stereocenters. The Bertz CT molecular complexity index is 746. The van der Waals surface area contributed by atoms with E-state index in [9.17, 15) is 20.2 Å². The molecule has 1 rings (SSSR count). The summed E-state index contributed by atoms with van der Waals surface area (Å²) in [4.78, 5) is 28.6. The SMILES string of the molecule is CCN=C=NCCC[N+](C)(C)CCOCCNc1ccc([N+](=O)[O-])cc1[N+](=O)[O-]. The Morgan fingerprint density at radius 2 is 1.90 bits per heavy atom. The summed E-state index contributed by atoms with van der Waals surface area (Å²) in [7, 11) is 4.23. The molecule has 1 aromatic carbocycles. The third-order valence-corrected chi connectivity index (χ3v) is 4.12. The van der Waals surface area contributed by atoms with Crippen molar-refractivity contribution >= 4 is 23.1 Å². The Hall–Kier alpha value is -2.88. The highest BCUT2D eigenvalue weighted by Gasteiger charge is 2.19. The first-order valence-corrected chi connectivity index (χ1v) is 9.41. The second-order valence-electron chi connectivity index (χ2n) is 6.95. The average molecular weight is 409 g/mol. The van der Waals surface area contributed by atoms with E-state index >= 15 is 0 Å². The number of hydrogen-bond donors (Lipinski definition) is 1. The Kier molecular flexibility index (Phi) is 10.5. The van der Waals surface area contributed by atoms with E-state index in [0.29, 0.717) is 32.8 Å². The Labute approximate surface area is 170 Å². The van der Waals surface area contributed by atoms with E-state index in [1.165, 1.54) is 12.1 Å². The van der Waals surface area contributed by atoms with Gasteiger partial charge in [-0.25, -0.2) is 9.98 Å². The van der Waals surface area contributed by atoms with Crippen molar-refractivity contribution in [3.05, 3.63) is 38.4 Å². The van der Waals surface area contributed by atoms with Gasteiger partial charge in [0.05, 0.1) is 62.3 Å². The second kappa shape index (κ2) is 12.6. The molecule has 0 bridgehead atoms. The molecule has 0 aliphatic carbocycles. The minimum atomic E-state index is -0.662. The number of hydrogen-bond acceptors (Lipinski definition) is 8. The predicted octanol–water partition coefficient (Wildman–Crippen LogP) is 2.59. The number of nitro groups is 2. The van der Waals surface area contributed by atoms with Gasteiger partial charge < -0.3 is 14.5 Å². The van der Waals surface area contributed by atoms with Crippen LogP contribution < -0.4 is 5.32 Å². The van der Waals surface area contributed by atoms with Gasteiger partial charge in [-0.15, -0.1) is 0 Å². The fraction of sp³-hybridized carbons (Fsp3) is 0.611. The van der Waals surface area contributed by atoms with Gasteiger partial charge in [0.1, 0.15) is 12.2 Å². The molecule has 0 aromatic heterocycles. The van der Waals surface area contributed by atoms with E-state index in [1.807, 2.05) is 6.92 Å².